The van der Waals surface area contributed by atoms with Crippen molar-refractivity contribution in [3.8, 4) is 0 Å². The van der Waals surface area contributed by atoms with Crippen molar-refractivity contribution >= 4 is 30.5 Å². The quantitative estimate of drug-likeness (QED) is 0.793. The van der Waals surface area contributed by atoms with Crippen LogP contribution in [-0.4, -0.2) is 19.0 Å². The molecule has 2 nitrogen and oxygen atoms in total. The lowest BCUT2D eigenvalue weighted by atomic mass is 10.0. The van der Waals surface area contributed by atoms with Crippen LogP contribution in [0.5, 0.6) is 0 Å². The van der Waals surface area contributed by atoms with E-state index in [0.29, 0.717) is 11.3 Å². The zero-order valence-electron chi connectivity index (χ0n) is 11.5. The first kappa shape index (κ1) is 21.2. The predicted octanol–water partition coefficient (Wildman–Crippen LogP) is 4.24. The van der Waals surface area contributed by atoms with Crippen molar-refractivity contribution in [3.63, 3.8) is 0 Å². The highest BCUT2D eigenvalue weighted by molar-refractivity contribution is 5.85. The Morgan fingerprint density at radius 3 is 2.09 bits per heavy atom. The first-order chi connectivity index (χ1) is 9.23. The third-order valence-electron chi connectivity index (χ3n) is 3.46. The molecule has 1 aliphatic rings. The van der Waals surface area contributed by atoms with Crippen LogP contribution in [0.15, 0.2) is 18.2 Å². The molecular weight excluding hydrogens is 350 g/mol. The molecule has 2 N–H and O–H groups in total. The number of anilines is 1. The van der Waals surface area contributed by atoms with E-state index >= 15 is 0 Å². The van der Waals surface area contributed by atoms with Crippen LogP contribution >= 0.6 is 24.8 Å². The number of hydrogen-bond donors (Lipinski definition) is 1. The molecule has 0 aromatic heterocycles. The van der Waals surface area contributed by atoms with E-state index < -0.39 is 17.7 Å². The molecule has 2 rings (SSSR count). The van der Waals surface area contributed by atoms with Gasteiger partial charge in [-0.3, -0.25) is 0 Å². The normalized spacial score (nSPS) is 17.5. The lowest BCUT2D eigenvalue weighted by molar-refractivity contribution is -0.137. The number of alkyl halides is 5. The molecule has 1 heterocycles. The number of benzene rings is 1. The summed E-state index contributed by atoms with van der Waals surface area (Å²) in [6.07, 6.45) is -5.02. The van der Waals surface area contributed by atoms with Crippen LogP contribution in [0.4, 0.5) is 27.6 Å². The maximum Gasteiger partial charge on any atom is 0.416 e. The second kappa shape index (κ2) is 7.66. The molecule has 1 fully saturated rings. The Kier molecular flexibility index (Phi) is 7.38. The minimum absolute atomic E-state index is 0. The van der Waals surface area contributed by atoms with Crippen LogP contribution in [0.3, 0.4) is 0 Å². The molecule has 0 atom stereocenters. The van der Waals surface area contributed by atoms with Gasteiger partial charge in [-0.15, -0.1) is 24.8 Å². The number of hydrogen-bond acceptors (Lipinski definition) is 2. The third-order valence-corrected chi connectivity index (χ3v) is 3.46. The minimum Gasteiger partial charge on any atom is -0.371 e. The van der Waals surface area contributed by atoms with E-state index in [2.05, 4.69) is 0 Å². The largest absolute Gasteiger partial charge is 0.416 e. The smallest absolute Gasteiger partial charge is 0.371 e. The van der Waals surface area contributed by atoms with Crippen LogP contribution in [0.1, 0.15) is 24.0 Å². The Balaban J connectivity index is 0.00000220. The van der Waals surface area contributed by atoms with Gasteiger partial charge in [-0.1, -0.05) is 0 Å². The SMILES string of the molecule is Cl.Cl.NCc1cc(C(F)(F)F)ccc1N1CCC(F)(F)CC1. The standard InChI is InChI=1S/C13H15F5N2.2ClH/c14-12(15)3-5-20(6-4-12)11-2-1-10(13(16,17)18)7-9(11)8-19;;/h1-2,7H,3-6,8,19H2;2*1H. The van der Waals surface area contributed by atoms with Crippen LogP contribution < -0.4 is 10.6 Å². The van der Waals surface area contributed by atoms with E-state index in [-0.39, 0.29) is 57.3 Å². The summed E-state index contributed by atoms with van der Waals surface area (Å²) in [5.74, 6) is -2.69. The fourth-order valence-electron chi connectivity index (χ4n) is 2.31. The van der Waals surface area contributed by atoms with Crippen molar-refractivity contribution in [2.45, 2.75) is 31.5 Å². The van der Waals surface area contributed by atoms with Crippen LogP contribution in [-0.2, 0) is 12.7 Å². The summed E-state index contributed by atoms with van der Waals surface area (Å²) in [5.41, 5.74) is 5.54. The zero-order valence-corrected chi connectivity index (χ0v) is 13.1. The average Bonchev–Trinajstić information content (AvgIpc) is 2.37. The highest BCUT2D eigenvalue weighted by atomic mass is 35.5. The van der Waals surface area contributed by atoms with Gasteiger partial charge in [0, 0.05) is 38.2 Å². The molecule has 1 aliphatic heterocycles. The molecule has 0 unspecified atom stereocenters. The van der Waals surface area contributed by atoms with Gasteiger partial charge in [0.15, 0.2) is 0 Å². The van der Waals surface area contributed by atoms with Crippen molar-refractivity contribution in [2.75, 3.05) is 18.0 Å². The summed E-state index contributed by atoms with van der Waals surface area (Å²) in [4.78, 5) is 1.67. The number of nitrogens with two attached hydrogens (primary N) is 1. The lowest BCUT2D eigenvalue weighted by Crippen LogP contribution is -2.39. The summed E-state index contributed by atoms with van der Waals surface area (Å²) >= 11 is 0. The van der Waals surface area contributed by atoms with E-state index in [1.807, 2.05) is 0 Å². The van der Waals surface area contributed by atoms with Crippen molar-refractivity contribution < 1.29 is 22.0 Å². The van der Waals surface area contributed by atoms with Crippen LogP contribution in [0.25, 0.3) is 0 Å². The van der Waals surface area contributed by atoms with Gasteiger partial charge in [-0.2, -0.15) is 13.2 Å². The van der Waals surface area contributed by atoms with Gasteiger partial charge in [0.25, 0.3) is 5.92 Å². The fourth-order valence-corrected chi connectivity index (χ4v) is 2.31. The summed E-state index contributed by atoms with van der Waals surface area (Å²) in [6.45, 7) is 0.170. The van der Waals surface area contributed by atoms with Crippen molar-refractivity contribution in [3.05, 3.63) is 29.3 Å². The van der Waals surface area contributed by atoms with E-state index in [1.54, 1.807) is 4.90 Å². The molecule has 1 saturated heterocycles. The topological polar surface area (TPSA) is 29.3 Å². The first-order valence-corrected chi connectivity index (χ1v) is 6.26. The Morgan fingerprint density at radius 2 is 1.64 bits per heavy atom. The number of rotatable bonds is 2. The molecule has 9 heteroatoms. The van der Waals surface area contributed by atoms with Crippen molar-refractivity contribution in [1.82, 2.24) is 0 Å². The molecule has 0 radical (unpaired) electrons. The number of halogens is 7. The predicted molar refractivity (Wildman–Crippen MR) is 80.2 cm³/mol. The Bertz CT molecular complexity index is 484. The van der Waals surface area contributed by atoms with Gasteiger partial charge in [-0.05, 0) is 23.8 Å². The number of nitrogens with zero attached hydrogens (tertiary/aromatic N) is 1. The van der Waals surface area contributed by atoms with Gasteiger partial charge in [0.05, 0.1) is 5.56 Å². The van der Waals surface area contributed by atoms with Crippen LogP contribution in [0, 0.1) is 0 Å². The maximum atomic E-state index is 13.1. The number of piperidine rings is 1. The highest BCUT2D eigenvalue weighted by Gasteiger charge is 2.35. The molecule has 0 spiro atoms. The summed E-state index contributed by atoms with van der Waals surface area (Å²) in [7, 11) is 0. The highest BCUT2D eigenvalue weighted by Crippen LogP contribution is 2.35. The lowest BCUT2D eigenvalue weighted by Gasteiger charge is -2.34. The molecule has 0 aliphatic carbocycles. The molecule has 0 bridgehead atoms. The second-order valence-corrected chi connectivity index (χ2v) is 4.89. The van der Waals surface area contributed by atoms with Gasteiger partial charge >= 0.3 is 6.18 Å². The van der Waals surface area contributed by atoms with E-state index in [0.717, 1.165) is 12.1 Å². The fraction of sp³-hybridized carbons (Fsp3) is 0.538. The summed E-state index contributed by atoms with van der Waals surface area (Å²) < 4.78 is 64.1. The monoisotopic (exact) mass is 366 g/mol. The molecule has 128 valence electrons. The maximum absolute atomic E-state index is 13.1. The summed E-state index contributed by atoms with van der Waals surface area (Å²) in [6, 6.07) is 3.26. The Hall–Kier alpha value is -0.790. The molecule has 0 amide bonds. The van der Waals surface area contributed by atoms with E-state index in [1.165, 1.54) is 6.07 Å². The van der Waals surface area contributed by atoms with Gasteiger partial charge in [0.2, 0.25) is 0 Å². The third kappa shape index (κ3) is 4.86. The van der Waals surface area contributed by atoms with E-state index in [9.17, 15) is 22.0 Å². The average molecular weight is 367 g/mol. The Labute approximate surface area is 137 Å². The second-order valence-electron chi connectivity index (χ2n) is 4.89. The summed E-state index contributed by atoms with van der Waals surface area (Å²) in [5, 5.41) is 0. The van der Waals surface area contributed by atoms with Crippen molar-refractivity contribution in [1.29, 1.82) is 0 Å². The van der Waals surface area contributed by atoms with E-state index in [4.69, 9.17) is 5.73 Å². The van der Waals surface area contributed by atoms with Gasteiger partial charge < -0.3 is 10.6 Å². The first-order valence-electron chi connectivity index (χ1n) is 6.26. The van der Waals surface area contributed by atoms with Crippen LogP contribution in [0.2, 0.25) is 0 Å². The van der Waals surface area contributed by atoms with Crippen molar-refractivity contribution in [2.24, 2.45) is 5.73 Å². The minimum atomic E-state index is -4.43. The molecule has 1 aromatic carbocycles. The molecule has 1 aromatic rings. The Morgan fingerprint density at radius 1 is 1.09 bits per heavy atom. The zero-order chi connectivity index (χ0) is 15.0. The molecule has 0 saturated carbocycles. The van der Waals surface area contributed by atoms with Gasteiger partial charge in [0.1, 0.15) is 0 Å². The molecular formula is C13H17Cl2F5N2. The van der Waals surface area contributed by atoms with Gasteiger partial charge in [-0.25, -0.2) is 8.78 Å². The molecule has 22 heavy (non-hydrogen) atoms.